The summed E-state index contributed by atoms with van der Waals surface area (Å²) in [6.45, 7) is 11.3. The first-order valence-electron chi connectivity index (χ1n) is 15.4. The molecular weight excluding hydrogens is 510 g/mol. The molecule has 4 aliphatic rings. The molecule has 0 spiro atoms. The van der Waals surface area contributed by atoms with Gasteiger partial charge >= 0.3 is 0 Å². The van der Waals surface area contributed by atoms with E-state index in [2.05, 4.69) is 54.2 Å². The van der Waals surface area contributed by atoms with E-state index in [1.807, 2.05) is 12.1 Å². The fourth-order valence-electron chi connectivity index (χ4n) is 6.94. The summed E-state index contributed by atoms with van der Waals surface area (Å²) in [5, 5.41) is 15.8. The molecule has 1 saturated carbocycles. The summed E-state index contributed by atoms with van der Waals surface area (Å²) in [4.78, 5) is 20.8. The molecule has 2 aliphatic carbocycles. The van der Waals surface area contributed by atoms with Crippen LogP contribution in [0.25, 0.3) is 6.08 Å². The van der Waals surface area contributed by atoms with Crippen LogP contribution in [0.15, 0.2) is 46.6 Å². The summed E-state index contributed by atoms with van der Waals surface area (Å²) in [6.07, 6.45) is 14.5. The van der Waals surface area contributed by atoms with Gasteiger partial charge in [-0.05, 0) is 92.9 Å². The number of anilines is 1. The van der Waals surface area contributed by atoms with E-state index in [1.54, 1.807) is 7.11 Å². The first-order chi connectivity index (χ1) is 19.9. The Morgan fingerprint density at radius 2 is 1.93 bits per heavy atom. The molecule has 2 N–H and O–H groups in total. The summed E-state index contributed by atoms with van der Waals surface area (Å²) >= 11 is 0. The molecule has 1 amide bonds. The van der Waals surface area contributed by atoms with Crippen molar-refractivity contribution in [3.63, 3.8) is 0 Å². The van der Waals surface area contributed by atoms with Crippen LogP contribution in [0.4, 0.5) is 5.69 Å². The Kier molecular flexibility index (Phi) is 8.99. The summed E-state index contributed by atoms with van der Waals surface area (Å²) in [7, 11) is 1.65. The van der Waals surface area contributed by atoms with E-state index in [0.717, 1.165) is 79.7 Å². The quantitative estimate of drug-likeness (QED) is 0.336. The number of nitriles is 1. The second kappa shape index (κ2) is 12.7. The summed E-state index contributed by atoms with van der Waals surface area (Å²) < 4.78 is 5.63. The molecule has 0 aromatic heterocycles. The highest BCUT2D eigenvalue weighted by atomic mass is 16.5. The Morgan fingerprint density at radius 1 is 1.17 bits per heavy atom. The maximum absolute atomic E-state index is 13.3. The lowest BCUT2D eigenvalue weighted by atomic mass is 9.73. The highest BCUT2D eigenvalue weighted by molar-refractivity contribution is 6.09. The topological polar surface area (TPSA) is 89.7 Å². The summed E-state index contributed by atoms with van der Waals surface area (Å²) in [6, 6.07) is 7.08. The van der Waals surface area contributed by atoms with E-state index in [1.165, 1.54) is 31.5 Å². The number of methoxy groups -OCH3 is 1. The number of amides is 1. The second-order valence-electron chi connectivity index (χ2n) is 12.2. The zero-order valence-corrected chi connectivity index (χ0v) is 25.0. The fraction of sp³-hybridized carbons (Fsp3) is 0.559. The van der Waals surface area contributed by atoms with Crippen molar-refractivity contribution < 1.29 is 9.53 Å². The van der Waals surface area contributed by atoms with E-state index in [-0.39, 0.29) is 11.9 Å². The van der Waals surface area contributed by atoms with E-state index >= 15 is 0 Å². The number of likely N-dealkylation sites (tertiary alicyclic amines) is 1. The monoisotopic (exact) mass is 555 g/mol. The maximum atomic E-state index is 13.3. The smallest absolute Gasteiger partial charge is 0.269 e. The number of allylic oxidation sites excluding steroid dienone is 2. The van der Waals surface area contributed by atoms with Crippen molar-refractivity contribution >= 4 is 23.4 Å². The number of carbonyl (C=O) groups excluding carboxylic acids is 1. The number of ether oxygens (including phenoxy) is 1. The number of rotatable bonds is 10. The van der Waals surface area contributed by atoms with Gasteiger partial charge in [0.25, 0.3) is 5.91 Å². The molecule has 0 unspecified atom stereocenters. The third-order valence-corrected chi connectivity index (χ3v) is 9.84. The standard InChI is InChI=1S/C34H45N5O2/c1-5-34(6-2)21-39(22-34)27-15-13-26(14-16-27)37-33(40)30-9-7-8-29(38-30)25-11-10-24-12-17-31(41-4)32(28(24)18-25)36-20-23(3)19-35/h9,12,17-18,26-27,36H,3,5-8,10-11,13-16,20-22H2,1-2,4H3,(H,37,40). The number of carbonyl (C=O) groups is 1. The Labute approximate surface area is 245 Å². The lowest BCUT2D eigenvalue weighted by Crippen LogP contribution is -2.60. The molecule has 7 nitrogen and oxygen atoms in total. The van der Waals surface area contributed by atoms with Gasteiger partial charge < -0.3 is 15.4 Å². The molecule has 0 bridgehead atoms. The zero-order valence-electron chi connectivity index (χ0n) is 25.0. The normalized spacial score (nSPS) is 23.5. The number of fused-ring (bicyclic) bond motifs is 1. The van der Waals surface area contributed by atoms with Gasteiger partial charge in [-0.2, -0.15) is 5.26 Å². The molecule has 7 heteroatoms. The van der Waals surface area contributed by atoms with Crippen molar-refractivity contribution in [1.29, 1.82) is 5.26 Å². The van der Waals surface area contributed by atoms with Crippen LogP contribution in [0.2, 0.25) is 0 Å². The van der Waals surface area contributed by atoms with Crippen molar-refractivity contribution in [2.45, 2.75) is 90.1 Å². The number of hydrogen-bond donors (Lipinski definition) is 2. The number of aryl methyl sites for hydroxylation is 1. The molecular formula is C34H45N5O2. The van der Waals surface area contributed by atoms with Gasteiger partial charge in [-0.1, -0.05) is 32.6 Å². The number of nitrogens with zero attached hydrogens (tertiary/aromatic N) is 3. The van der Waals surface area contributed by atoms with Crippen molar-refractivity contribution in [2.24, 2.45) is 10.4 Å². The molecule has 0 atom stereocenters. The Balaban J connectivity index is 1.22. The number of nitrogens with one attached hydrogen (secondary N) is 2. The minimum absolute atomic E-state index is 0.0403. The van der Waals surface area contributed by atoms with Gasteiger partial charge in [0.15, 0.2) is 0 Å². The maximum Gasteiger partial charge on any atom is 0.269 e. The molecule has 2 heterocycles. The van der Waals surface area contributed by atoms with Crippen molar-refractivity contribution in [2.75, 3.05) is 32.1 Å². The van der Waals surface area contributed by atoms with Crippen molar-refractivity contribution in [3.8, 4) is 11.8 Å². The van der Waals surface area contributed by atoms with Crippen LogP contribution < -0.4 is 15.4 Å². The lowest BCUT2D eigenvalue weighted by molar-refractivity contribution is -0.118. The molecule has 1 saturated heterocycles. The minimum atomic E-state index is -0.0403. The number of benzene rings is 1. The largest absolute Gasteiger partial charge is 0.495 e. The van der Waals surface area contributed by atoms with Crippen molar-refractivity contribution in [1.82, 2.24) is 10.2 Å². The molecule has 218 valence electrons. The summed E-state index contributed by atoms with van der Waals surface area (Å²) in [5.41, 5.74) is 6.88. The average molecular weight is 556 g/mol. The molecule has 5 rings (SSSR count). The van der Waals surface area contributed by atoms with Gasteiger partial charge in [0.2, 0.25) is 0 Å². The summed E-state index contributed by atoms with van der Waals surface area (Å²) in [5.74, 6) is 0.692. The average Bonchev–Trinajstić information content (AvgIpc) is 3.00. The van der Waals surface area contributed by atoms with Crippen LogP contribution in [0, 0.1) is 16.7 Å². The highest BCUT2D eigenvalue weighted by Crippen LogP contribution is 2.41. The van der Waals surface area contributed by atoms with Gasteiger partial charge in [-0.3, -0.25) is 9.69 Å². The van der Waals surface area contributed by atoms with Crippen LogP contribution in [-0.2, 0) is 11.2 Å². The predicted molar refractivity (Wildman–Crippen MR) is 166 cm³/mol. The van der Waals surface area contributed by atoms with Gasteiger partial charge in [-0.25, -0.2) is 4.99 Å². The van der Waals surface area contributed by atoms with Crippen LogP contribution in [0.5, 0.6) is 5.75 Å². The van der Waals surface area contributed by atoms with E-state index in [9.17, 15) is 4.79 Å². The van der Waals surface area contributed by atoms with Crippen LogP contribution in [0.3, 0.4) is 0 Å². The number of hydrogen-bond acceptors (Lipinski definition) is 6. The van der Waals surface area contributed by atoms with Crippen LogP contribution in [-0.4, -0.2) is 55.3 Å². The molecule has 41 heavy (non-hydrogen) atoms. The fourth-order valence-corrected chi connectivity index (χ4v) is 6.94. The Hall–Kier alpha value is -3.37. The minimum Gasteiger partial charge on any atom is -0.495 e. The molecule has 2 fully saturated rings. The second-order valence-corrected chi connectivity index (χ2v) is 12.2. The first-order valence-corrected chi connectivity index (χ1v) is 15.4. The first kappa shape index (κ1) is 29.1. The molecule has 1 aromatic rings. The van der Waals surface area contributed by atoms with Gasteiger partial charge in [0.05, 0.1) is 18.9 Å². The van der Waals surface area contributed by atoms with Crippen LogP contribution >= 0.6 is 0 Å². The van der Waals surface area contributed by atoms with E-state index < -0.39 is 0 Å². The SMILES string of the molecule is C=C(C#N)CNc1c(OC)ccc2c1C=C(C1=NC(C(=O)NC3CCC(N4CC(CC)(CC)C4)CC3)=CCC1)CC2. The Bertz CT molecular complexity index is 1300. The predicted octanol–water partition coefficient (Wildman–Crippen LogP) is 6.18. The van der Waals surface area contributed by atoms with E-state index in [0.29, 0.717) is 29.3 Å². The van der Waals surface area contributed by atoms with Crippen LogP contribution in [0.1, 0.15) is 82.8 Å². The Morgan fingerprint density at radius 3 is 2.61 bits per heavy atom. The van der Waals surface area contributed by atoms with Crippen molar-refractivity contribution in [3.05, 3.63) is 52.8 Å². The van der Waals surface area contributed by atoms with Gasteiger partial charge in [0, 0.05) is 48.6 Å². The lowest BCUT2D eigenvalue weighted by Gasteiger charge is -2.54. The molecule has 1 aromatic carbocycles. The molecule has 2 aliphatic heterocycles. The zero-order chi connectivity index (χ0) is 29.0. The van der Waals surface area contributed by atoms with Gasteiger partial charge in [-0.15, -0.1) is 0 Å². The third kappa shape index (κ3) is 6.28. The number of aliphatic imine (C=N–C) groups is 1. The van der Waals surface area contributed by atoms with E-state index in [4.69, 9.17) is 15.0 Å². The highest BCUT2D eigenvalue weighted by Gasteiger charge is 2.43. The van der Waals surface area contributed by atoms with Gasteiger partial charge in [0.1, 0.15) is 11.4 Å². The molecule has 0 radical (unpaired) electrons. The third-order valence-electron chi connectivity index (χ3n) is 9.84.